The quantitative estimate of drug-likeness (QED) is 0.350. The highest BCUT2D eigenvalue weighted by molar-refractivity contribution is 6.12. The average molecular weight is 544 g/mol. The topological polar surface area (TPSA) is 148 Å². The SMILES string of the molecule is CN(C)C/C=C/C(=O)N1CCC(n2nc(C(=O)Nc3nc4cc(C(F)(F)F)ccc4o3)c3c(N)ncnc32)C1. The lowest BCUT2D eigenvalue weighted by Gasteiger charge is -2.15. The van der Waals surface area contributed by atoms with Crippen molar-refractivity contribution in [2.45, 2.75) is 18.6 Å². The Kier molecular flexibility index (Phi) is 6.68. The number of anilines is 2. The molecule has 1 unspecified atom stereocenters. The Hall–Kier alpha value is -4.53. The number of amides is 2. The van der Waals surface area contributed by atoms with Gasteiger partial charge in [0.05, 0.1) is 17.0 Å². The number of carbonyl (C=O) groups excluding carboxylic acids is 2. The van der Waals surface area contributed by atoms with Crippen molar-refractivity contribution in [1.29, 1.82) is 0 Å². The fourth-order valence-electron chi connectivity index (χ4n) is 4.33. The van der Waals surface area contributed by atoms with E-state index in [9.17, 15) is 22.8 Å². The van der Waals surface area contributed by atoms with Gasteiger partial charge in [0.15, 0.2) is 16.9 Å². The summed E-state index contributed by atoms with van der Waals surface area (Å²) in [5, 5.41) is 7.07. The fourth-order valence-corrected chi connectivity index (χ4v) is 4.33. The Morgan fingerprint density at radius 1 is 1.28 bits per heavy atom. The summed E-state index contributed by atoms with van der Waals surface area (Å²) in [6.45, 7) is 1.46. The van der Waals surface area contributed by atoms with Gasteiger partial charge in [0.1, 0.15) is 17.7 Å². The van der Waals surface area contributed by atoms with E-state index in [2.05, 4.69) is 25.4 Å². The minimum Gasteiger partial charge on any atom is -0.423 e. The molecule has 5 rings (SSSR count). The van der Waals surface area contributed by atoms with Gasteiger partial charge < -0.3 is 20.0 Å². The molecule has 3 N–H and O–H groups in total. The molecule has 1 fully saturated rings. The van der Waals surface area contributed by atoms with Crippen molar-refractivity contribution in [1.82, 2.24) is 34.5 Å². The number of fused-ring (bicyclic) bond motifs is 2. The molecule has 0 spiro atoms. The molecule has 0 bridgehead atoms. The summed E-state index contributed by atoms with van der Waals surface area (Å²) in [6, 6.07) is 2.22. The lowest BCUT2D eigenvalue weighted by Crippen LogP contribution is -2.28. The van der Waals surface area contributed by atoms with Crippen LogP contribution in [0, 0.1) is 0 Å². The molecule has 4 heterocycles. The standard InChI is InChI=1S/C24H24F3N9O3/c1-34(2)8-3-4-17(37)35-9-7-14(11-35)36-21-18(20(28)29-12-30-21)19(33-36)22(38)32-23-31-15-10-13(24(25,26)27)5-6-16(15)39-23/h3-6,10,12,14H,7-9,11H2,1-2H3,(H2,28,29,30)(H,31,32,38)/b4-3+. The molecule has 12 nitrogen and oxygen atoms in total. The number of nitrogens with two attached hydrogens (primary N) is 1. The van der Waals surface area contributed by atoms with E-state index >= 15 is 0 Å². The predicted molar refractivity (Wildman–Crippen MR) is 135 cm³/mol. The molecule has 15 heteroatoms. The fraction of sp³-hybridized carbons (Fsp3) is 0.333. The molecule has 2 amide bonds. The van der Waals surface area contributed by atoms with Crippen molar-refractivity contribution in [3.8, 4) is 0 Å². The molecule has 39 heavy (non-hydrogen) atoms. The van der Waals surface area contributed by atoms with Crippen molar-refractivity contribution < 1.29 is 27.2 Å². The molecule has 4 aromatic rings. The third-order valence-electron chi connectivity index (χ3n) is 6.22. The van der Waals surface area contributed by atoms with E-state index in [0.717, 1.165) is 18.2 Å². The van der Waals surface area contributed by atoms with Crippen molar-refractivity contribution in [2.75, 3.05) is 44.8 Å². The largest absolute Gasteiger partial charge is 0.423 e. The summed E-state index contributed by atoms with van der Waals surface area (Å²) in [7, 11) is 3.80. The number of halogens is 3. The van der Waals surface area contributed by atoms with Gasteiger partial charge in [-0.05, 0) is 38.7 Å². The van der Waals surface area contributed by atoms with Crippen molar-refractivity contribution >= 4 is 45.8 Å². The van der Waals surface area contributed by atoms with Crippen LogP contribution in [-0.4, -0.2) is 80.1 Å². The van der Waals surface area contributed by atoms with Crippen LogP contribution >= 0.6 is 0 Å². The first-order valence-corrected chi connectivity index (χ1v) is 11.9. The van der Waals surface area contributed by atoms with Crippen LogP contribution in [0.4, 0.5) is 25.0 Å². The van der Waals surface area contributed by atoms with E-state index in [1.165, 1.54) is 12.4 Å². The second-order valence-electron chi connectivity index (χ2n) is 9.30. The summed E-state index contributed by atoms with van der Waals surface area (Å²) in [5.74, 6) is -0.880. The van der Waals surface area contributed by atoms with Crippen molar-refractivity contribution in [3.05, 3.63) is 47.9 Å². The highest BCUT2D eigenvalue weighted by Crippen LogP contribution is 2.33. The summed E-state index contributed by atoms with van der Waals surface area (Å²) in [6.07, 6.45) is 0.578. The zero-order valence-electron chi connectivity index (χ0n) is 20.9. The molecular weight excluding hydrogens is 519 g/mol. The number of likely N-dealkylation sites (N-methyl/N-ethyl adjacent to an activating group) is 1. The molecule has 0 aliphatic carbocycles. The number of aromatic nitrogens is 5. The van der Waals surface area contributed by atoms with E-state index in [-0.39, 0.29) is 46.0 Å². The first-order valence-electron chi connectivity index (χ1n) is 11.9. The van der Waals surface area contributed by atoms with Crippen LogP contribution < -0.4 is 11.1 Å². The maximum Gasteiger partial charge on any atom is 0.416 e. The molecule has 1 saturated heterocycles. The molecule has 0 saturated carbocycles. The van der Waals surface area contributed by atoms with Gasteiger partial charge in [-0.25, -0.2) is 14.6 Å². The Morgan fingerprint density at radius 3 is 2.82 bits per heavy atom. The van der Waals surface area contributed by atoms with Crippen LogP contribution in [0.25, 0.3) is 22.1 Å². The van der Waals surface area contributed by atoms with Crippen LogP contribution in [0.1, 0.15) is 28.5 Å². The maximum atomic E-state index is 13.2. The van der Waals surface area contributed by atoms with Crippen LogP contribution in [0.2, 0.25) is 0 Å². The van der Waals surface area contributed by atoms with Crippen molar-refractivity contribution in [3.63, 3.8) is 0 Å². The zero-order valence-corrected chi connectivity index (χ0v) is 20.9. The summed E-state index contributed by atoms with van der Waals surface area (Å²) >= 11 is 0. The lowest BCUT2D eigenvalue weighted by atomic mass is 10.2. The minimum atomic E-state index is -4.55. The second kappa shape index (κ2) is 9.98. The molecule has 1 aromatic carbocycles. The maximum absolute atomic E-state index is 13.2. The van der Waals surface area contributed by atoms with Gasteiger partial charge in [0.25, 0.3) is 5.91 Å². The molecule has 0 radical (unpaired) electrons. The van der Waals surface area contributed by atoms with E-state index in [4.69, 9.17) is 10.2 Å². The van der Waals surface area contributed by atoms with E-state index in [1.54, 1.807) is 15.7 Å². The van der Waals surface area contributed by atoms with Crippen LogP contribution in [-0.2, 0) is 11.0 Å². The number of hydrogen-bond donors (Lipinski definition) is 2. The summed E-state index contributed by atoms with van der Waals surface area (Å²) < 4.78 is 46.0. The van der Waals surface area contributed by atoms with E-state index < -0.39 is 17.6 Å². The number of nitrogens with zero attached hydrogens (tertiary/aromatic N) is 7. The highest BCUT2D eigenvalue weighted by atomic mass is 19.4. The normalized spacial score (nSPS) is 16.3. The van der Waals surface area contributed by atoms with Gasteiger partial charge in [-0.2, -0.15) is 23.3 Å². The molecule has 3 aromatic heterocycles. The second-order valence-corrected chi connectivity index (χ2v) is 9.30. The number of oxazole rings is 1. The molecule has 204 valence electrons. The number of benzene rings is 1. The van der Waals surface area contributed by atoms with Gasteiger partial charge >= 0.3 is 12.2 Å². The van der Waals surface area contributed by atoms with E-state index in [1.807, 2.05) is 19.0 Å². The van der Waals surface area contributed by atoms with Gasteiger partial charge in [-0.1, -0.05) is 6.08 Å². The average Bonchev–Trinajstić information content (AvgIpc) is 3.59. The van der Waals surface area contributed by atoms with Gasteiger partial charge in [0, 0.05) is 25.7 Å². The summed E-state index contributed by atoms with van der Waals surface area (Å²) in [4.78, 5) is 41.6. The van der Waals surface area contributed by atoms with Crippen molar-refractivity contribution in [2.24, 2.45) is 0 Å². The Bertz CT molecular complexity index is 1590. The molecule has 1 aliphatic heterocycles. The number of alkyl halides is 3. The Morgan fingerprint density at radius 2 is 2.08 bits per heavy atom. The Balaban J connectivity index is 1.40. The lowest BCUT2D eigenvalue weighted by molar-refractivity contribution is -0.137. The Labute approximate surface area is 219 Å². The van der Waals surface area contributed by atoms with Gasteiger partial charge in [-0.15, -0.1) is 0 Å². The van der Waals surface area contributed by atoms with E-state index in [0.29, 0.717) is 31.7 Å². The molecular formula is C24H24F3N9O3. The first kappa shape index (κ1) is 26.1. The number of likely N-dealkylation sites (tertiary alicyclic amines) is 1. The number of nitrogen functional groups attached to an aromatic ring is 1. The summed E-state index contributed by atoms with van der Waals surface area (Å²) in [5.41, 5.74) is 5.35. The van der Waals surface area contributed by atoms with Crippen LogP contribution in [0.3, 0.4) is 0 Å². The number of rotatable bonds is 6. The third kappa shape index (κ3) is 5.25. The first-order chi connectivity index (χ1) is 18.5. The number of hydrogen-bond acceptors (Lipinski definition) is 9. The third-order valence-corrected chi connectivity index (χ3v) is 6.22. The zero-order chi connectivity index (χ0) is 27.9. The molecule has 1 atom stereocenters. The van der Waals surface area contributed by atoms with Gasteiger partial charge in [0.2, 0.25) is 5.91 Å². The minimum absolute atomic E-state index is 0.0151. The number of carbonyl (C=O) groups is 2. The highest BCUT2D eigenvalue weighted by Gasteiger charge is 2.33. The van der Waals surface area contributed by atoms with Gasteiger partial charge in [-0.3, -0.25) is 14.9 Å². The van der Waals surface area contributed by atoms with Crippen LogP contribution in [0.5, 0.6) is 0 Å². The monoisotopic (exact) mass is 543 g/mol. The number of nitrogens with one attached hydrogen (secondary N) is 1. The smallest absolute Gasteiger partial charge is 0.416 e. The molecule has 1 aliphatic rings. The predicted octanol–water partition coefficient (Wildman–Crippen LogP) is 2.71. The van der Waals surface area contributed by atoms with Crippen LogP contribution in [0.15, 0.2) is 41.1 Å².